The van der Waals surface area contributed by atoms with Gasteiger partial charge in [0.15, 0.2) is 0 Å². The van der Waals surface area contributed by atoms with Crippen LogP contribution in [0.4, 0.5) is 11.5 Å². The summed E-state index contributed by atoms with van der Waals surface area (Å²) in [6.07, 6.45) is 0. The van der Waals surface area contributed by atoms with Crippen LogP contribution in [0.3, 0.4) is 0 Å². The van der Waals surface area contributed by atoms with E-state index in [1.807, 2.05) is 58.6 Å². The third kappa shape index (κ3) is 4.79. The van der Waals surface area contributed by atoms with Crippen LogP contribution in [0.2, 0.25) is 0 Å². The minimum atomic E-state index is -0.535. The summed E-state index contributed by atoms with van der Waals surface area (Å²) < 4.78 is 6.82. The lowest BCUT2D eigenvalue weighted by molar-refractivity contribution is 0.505. The summed E-state index contributed by atoms with van der Waals surface area (Å²) >= 11 is 0. The first-order valence-electron chi connectivity index (χ1n) is 10.9. The van der Waals surface area contributed by atoms with E-state index < -0.39 is 16.9 Å². The maximum atomic E-state index is 12.9. The van der Waals surface area contributed by atoms with Crippen LogP contribution in [0.5, 0.6) is 0 Å². The molecule has 0 radical (unpaired) electrons. The SMILES string of the molecule is Cc1cc2oc(=O)cc(CN(CC(C)C)c3c(N)n(CC(C)C)c(=O)[nH]c3=O)c2cc1C. The molecule has 0 saturated carbocycles. The van der Waals surface area contributed by atoms with E-state index in [-0.39, 0.29) is 29.9 Å². The molecular weight excluding hydrogens is 408 g/mol. The van der Waals surface area contributed by atoms with Gasteiger partial charge in [0.25, 0.3) is 5.56 Å². The molecule has 1 aromatic carbocycles. The number of nitrogens with one attached hydrogen (secondary N) is 1. The third-order valence-electron chi connectivity index (χ3n) is 5.47. The Hall–Kier alpha value is -3.29. The molecule has 3 N–H and O–H groups in total. The first kappa shape index (κ1) is 23.4. The number of benzene rings is 1. The molecule has 2 heterocycles. The normalized spacial score (nSPS) is 11.6. The van der Waals surface area contributed by atoms with Crippen LogP contribution in [-0.2, 0) is 13.1 Å². The Morgan fingerprint density at radius 3 is 2.31 bits per heavy atom. The minimum Gasteiger partial charge on any atom is -0.423 e. The number of hydrogen-bond acceptors (Lipinski definition) is 6. The van der Waals surface area contributed by atoms with Crippen molar-refractivity contribution >= 4 is 22.5 Å². The number of nitrogen functional groups attached to an aromatic ring is 1. The number of nitrogens with two attached hydrogens (primary N) is 1. The Morgan fingerprint density at radius 1 is 1.03 bits per heavy atom. The van der Waals surface area contributed by atoms with Crippen molar-refractivity contribution < 1.29 is 4.42 Å². The van der Waals surface area contributed by atoms with Crippen molar-refractivity contribution in [2.75, 3.05) is 17.2 Å². The first-order chi connectivity index (χ1) is 15.0. The second kappa shape index (κ2) is 9.06. The molecule has 3 aromatic rings. The molecule has 0 aliphatic rings. The summed E-state index contributed by atoms with van der Waals surface area (Å²) in [6, 6.07) is 5.30. The Balaban J connectivity index is 2.20. The Kier molecular flexibility index (Phi) is 6.62. The predicted molar refractivity (Wildman–Crippen MR) is 128 cm³/mol. The molecule has 0 saturated heterocycles. The quantitative estimate of drug-likeness (QED) is 0.546. The maximum absolute atomic E-state index is 12.9. The first-order valence-corrected chi connectivity index (χ1v) is 10.9. The number of fused-ring (bicyclic) bond motifs is 1. The van der Waals surface area contributed by atoms with Gasteiger partial charge < -0.3 is 15.1 Å². The van der Waals surface area contributed by atoms with Crippen molar-refractivity contribution in [3.05, 3.63) is 66.1 Å². The van der Waals surface area contributed by atoms with Gasteiger partial charge in [-0.05, 0) is 54.5 Å². The molecule has 0 fully saturated rings. The lowest BCUT2D eigenvalue weighted by Gasteiger charge is -2.28. The molecular formula is C24H32N4O4. The van der Waals surface area contributed by atoms with Crippen LogP contribution < -0.4 is 27.5 Å². The number of nitrogens with zero attached hydrogens (tertiary/aromatic N) is 2. The highest BCUT2D eigenvalue weighted by atomic mass is 16.4. The van der Waals surface area contributed by atoms with Crippen molar-refractivity contribution in [1.82, 2.24) is 9.55 Å². The third-order valence-corrected chi connectivity index (χ3v) is 5.47. The molecule has 172 valence electrons. The molecule has 0 bridgehead atoms. The second-order valence-electron chi connectivity index (χ2n) is 9.30. The smallest absolute Gasteiger partial charge is 0.336 e. The maximum Gasteiger partial charge on any atom is 0.336 e. The molecule has 2 aromatic heterocycles. The van der Waals surface area contributed by atoms with E-state index in [1.165, 1.54) is 10.6 Å². The number of H-pyrrole nitrogens is 1. The summed E-state index contributed by atoms with van der Waals surface area (Å²) in [4.78, 5) is 41.8. The van der Waals surface area contributed by atoms with Crippen LogP contribution in [0.15, 0.2) is 37.0 Å². The lowest BCUT2D eigenvalue weighted by atomic mass is 10.0. The summed E-state index contributed by atoms with van der Waals surface area (Å²) in [5, 5.41) is 0.812. The topological polar surface area (TPSA) is 114 Å². The monoisotopic (exact) mass is 440 g/mol. The highest BCUT2D eigenvalue weighted by Gasteiger charge is 2.22. The van der Waals surface area contributed by atoms with Gasteiger partial charge >= 0.3 is 11.3 Å². The zero-order chi connectivity index (χ0) is 23.7. The van der Waals surface area contributed by atoms with Gasteiger partial charge in [0.05, 0.1) is 0 Å². The average Bonchev–Trinajstić information content (AvgIpc) is 2.65. The van der Waals surface area contributed by atoms with Gasteiger partial charge in [0, 0.05) is 31.1 Å². The lowest BCUT2D eigenvalue weighted by Crippen LogP contribution is -2.40. The highest BCUT2D eigenvalue weighted by molar-refractivity contribution is 5.82. The van der Waals surface area contributed by atoms with Crippen molar-refractivity contribution in [2.45, 2.75) is 54.6 Å². The average molecular weight is 441 g/mol. The Bertz CT molecular complexity index is 1310. The summed E-state index contributed by atoms with van der Waals surface area (Å²) in [6.45, 7) is 13.2. The summed E-state index contributed by atoms with van der Waals surface area (Å²) in [7, 11) is 0. The number of rotatable bonds is 7. The molecule has 0 unspecified atom stereocenters. The van der Waals surface area contributed by atoms with E-state index in [2.05, 4.69) is 4.98 Å². The van der Waals surface area contributed by atoms with E-state index in [4.69, 9.17) is 10.2 Å². The fourth-order valence-corrected chi connectivity index (χ4v) is 3.92. The van der Waals surface area contributed by atoms with Crippen molar-refractivity contribution in [3.63, 3.8) is 0 Å². The highest BCUT2D eigenvalue weighted by Crippen LogP contribution is 2.26. The van der Waals surface area contributed by atoms with E-state index in [9.17, 15) is 14.4 Å². The molecule has 0 spiro atoms. The molecule has 8 nitrogen and oxygen atoms in total. The summed E-state index contributed by atoms with van der Waals surface area (Å²) in [5.74, 6) is 0.503. The van der Waals surface area contributed by atoms with Gasteiger partial charge in [0.1, 0.15) is 17.1 Å². The molecule has 32 heavy (non-hydrogen) atoms. The van der Waals surface area contributed by atoms with Gasteiger partial charge in [-0.1, -0.05) is 27.7 Å². The predicted octanol–water partition coefficient (Wildman–Crippen LogP) is 3.16. The zero-order valence-corrected chi connectivity index (χ0v) is 19.6. The second-order valence-corrected chi connectivity index (χ2v) is 9.30. The standard InChI is InChI=1S/C24H32N4O4/c1-13(2)10-27(21-22(25)28(11-14(3)4)24(31)26-23(21)30)12-17-9-20(29)32-19-8-16(6)15(5)7-18(17)19/h7-9,13-14H,10-12,25H2,1-6H3,(H,26,30,31). The van der Waals surface area contributed by atoms with Crippen molar-refractivity contribution in [3.8, 4) is 0 Å². The molecule has 0 amide bonds. The number of aryl methyl sites for hydroxylation is 2. The van der Waals surface area contributed by atoms with Gasteiger partial charge in [-0.2, -0.15) is 0 Å². The fourth-order valence-electron chi connectivity index (χ4n) is 3.92. The van der Waals surface area contributed by atoms with Crippen LogP contribution in [-0.4, -0.2) is 16.1 Å². The van der Waals surface area contributed by atoms with Gasteiger partial charge in [-0.3, -0.25) is 14.3 Å². The van der Waals surface area contributed by atoms with Crippen LogP contribution in [0, 0.1) is 25.7 Å². The van der Waals surface area contributed by atoms with E-state index in [0.29, 0.717) is 18.7 Å². The summed E-state index contributed by atoms with van der Waals surface area (Å²) in [5.41, 5.74) is 8.45. The van der Waals surface area contributed by atoms with Crippen molar-refractivity contribution in [1.29, 1.82) is 0 Å². The molecule has 3 rings (SSSR count). The van der Waals surface area contributed by atoms with E-state index in [0.717, 1.165) is 22.1 Å². The number of aromatic amines is 1. The molecule has 0 atom stereocenters. The minimum absolute atomic E-state index is 0.132. The molecule has 8 heteroatoms. The van der Waals surface area contributed by atoms with E-state index in [1.54, 1.807) is 0 Å². The Labute approximate surface area is 186 Å². The van der Waals surface area contributed by atoms with Crippen LogP contribution in [0.25, 0.3) is 11.0 Å². The molecule has 0 aliphatic heterocycles. The van der Waals surface area contributed by atoms with Gasteiger partial charge in [-0.25, -0.2) is 9.59 Å². The largest absolute Gasteiger partial charge is 0.423 e. The van der Waals surface area contributed by atoms with Crippen molar-refractivity contribution in [2.24, 2.45) is 11.8 Å². The number of aromatic nitrogens is 2. The van der Waals surface area contributed by atoms with Gasteiger partial charge in [-0.15, -0.1) is 0 Å². The fraction of sp³-hybridized carbons (Fsp3) is 0.458. The Morgan fingerprint density at radius 2 is 1.69 bits per heavy atom. The number of anilines is 2. The zero-order valence-electron chi connectivity index (χ0n) is 19.6. The van der Waals surface area contributed by atoms with Crippen LogP contribution >= 0.6 is 0 Å². The van der Waals surface area contributed by atoms with E-state index >= 15 is 0 Å². The molecule has 0 aliphatic carbocycles. The van der Waals surface area contributed by atoms with Gasteiger partial charge in [0.2, 0.25) is 0 Å². The van der Waals surface area contributed by atoms with Crippen LogP contribution in [0.1, 0.15) is 44.4 Å². The number of hydrogen-bond donors (Lipinski definition) is 2.